The molecular formula is C40H65O2P. The van der Waals surface area contributed by atoms with E-state index in [9.17, 15) is 0 Å². The number of hydrogen-bond donors (Lipinski definition) is 0. The van der Waals surface area contributed by atoms with Gasteiger partial charge in [0, 0.05) is 11.1 Å². The van der Waals surface area contributed by atoms with Crippen LogP contribution in [0.5, 0.6) is 11.5 Å². The van der Waals surface area contributed by atoms with Crippen LogP contribution < -0.4 is 9.05 Å². The number of rotatable bonds is 11. The van der Waals surface area contributed by atoms with Gasteiger partial charge >= 0.3 is 0 Å². The molecule has 2 rings (SSSR count). The molecule has 0 aromatic heterocycles. The predicted molar refractivity (Wildman–Crippen MR) is 192 cm³/mol. The maximum Gasteiger partial charge on any atom is 0.298 e. The fourth-order valence-corrected chi connectivity index (χ4v) is 7.74. The summed E-state index contributed by atoms with van der Waals surface area (Å²) in [5, 5.41) is 0. The summed E-state index contributed by atoms with van der Waals surface area (Å²) >= 11 is 0. The van der Waals surface area contributed by atoms with Gasteiger partial charge in [-0.15, -0.1) is 6.58 Å². The van der Waals surface area contributed by atoms with Crippen molar-refractivity contribution in [1.82, 2.24) is 0 Å². The summed E-state index contributed by atoms with van der Waals surface area (Å²) in [5.74, 6) is 3.37. The summed E-state index contributed by atoms with van der Waals surface area (Å²) in [6, 6.07) is 13.5. The van der Waals surface area contributed by atoms with Crippen LogP contribution in [0.2, 0.25) is 0 Å². The van der Waals surface area contributed by atoms with Crippen LogP contribution in [0.3, 0.4) is 0 Å². The minimum Gasteiger partial charge on any atom is -0.438 e. The minimum atomic E-state index is -1.40. The zero-order chi connectivity index (χ0) is 33.1. The molecule has 0 radical (unpaired) electrons. The molecule has 3 heteroatoms. The molecule has 2 aromatic carbocycles. The summed E-state index contributed by atoms with van der Waals surface area (Å²) in [6.07, 6.45) is 4.46. The Bertz CT molecular complexity index is 1120. The summed E-state index contributed by atoms with van der Waals surface area (Å²) in [6.45, 7) is 41.1. The van der Waals surface area contributed by atoms with Crippen LogP contribution in [0.4, 0.5) is 0 Å². The molecular weight excluding hydrogens is 543 g/mol. The van der Waals surface area contributed by atoms with Gasteiger partial charge in [0.15, 0.2) is 0 Å². The number of hydrogen-bond acceptors (Lipinski definition) is 2. The highest BCUT2D eigenvalue weighted by Gasteiger charge is 2.37. The Balaban J connectivity index is 2.76. The first kappa shape index (κ1) is 37.4. The zero-order valence-electron chi connectivity index (χ0n) is 30.7. The van der Waals surface area contributed by atoms with Gasteiger partial charge in [0.25, 0.3) is 8.38 Å². The van der Waals surface area contributed by atoms with Crippen molar-refractivity contribution in [2.75, 3.05) is 0 Å². The first-order valence-corrected chi connectivity index (χ1v) is 17.9. The second-order valence-electron chi connectivity index (χ2n) is 16.9. The lowest BCUT2D eigenvalue weighted by molar-refractivity contribution is 0.246. The van der Waals surface area contributed by atoms with Gasteiger partial charge in [0.05, 0.1) is 5.66 Å². The molecule has 0 bridgehead atoms. The van der Waals surface area contributed by atoms with Crippen LogP contribution >= 0.6 is 8.38 Å². The molecule has 0 spiro atoms. The van der Waals surface area contributed by atoms with Crippen molar-refractivity contribution < 1.29 is 9.05 Å². The number of allylic oxidation sites excluding steroid dienone is 1. The second-order valence-corrected chi connectivity index (χ2v) is 18.4. The third-order valence-corrected chi connectivity index (χ3v) is 11.3. The van der Waals surface area contributed by atoms with E-state index in [-0.39, 0.29) is 27.3 Å². The van der Waals surface area contributed by atoms with Crippen LogP contribution in [-0.2, 0) is 21.7 Å². The van der Waals surface area contributed by atoms with E-state index in [2.05, 4.69) is 160 Å². The molecule has 0 aliphatic rings. The fraction of sp³-hybridized carbons (Fsp3) is 0.650. The molecule has 0 heterocycles. The van der Waals surface area contributed by atoms with Gasteiger partial charge in [0.1, 0.15) is 11.5 Å². The maximum absolute atomic E-state index is 7.15. The van der Waals surface area contributed by atoms with Crippen molar-refractivity contribution in [3.05, 3.63) is 71.3 Å². The lowest BCUT2D eigenvalue weighted by Crippen LogP contribution is -2.29. The van der Waals surface area contributed by atoms with Crippen molar-refractivity contribution in [3.8, 4) is 11.5 Å². The Morgan fingerprint density at radius 2 is 1.00 bits per heavy atom. The minimum absolute atomic E-state index is 0.0547. The van der Waals surface area contributed by atoms with Crippen molar-refractivity contribution in [1.29, 1.82) is 0 Å². The molecule has 0 N–H and O–H groups in total. The third kappa shape index (κ3) is 9.60. The molecule has 0 amide bonds. The summed E-state index contributed by atoms with van der Waals surface area (Å²) < 4.78 is 14.3. The van der Waals surface area contributed by atoms with Gasteiger partial charge in [0.2, 0.25) is 0 Å². The average molecular weight is 609 g/mol. The molecule has 242 valence electrons. The third-order valence-electron chi connectivity index (χ3n) is 9.33. The van der Waals surface area contributed by atoms with E-state index in [1.807, 2.05) is 0 Å². The van der Waals surface area contributed by atoms with Gasteiger partial charge in [-0.25, -0.2) is 0 Å². The highest BCUT2D eigenvalue weighted by atomic mass is 31.2. The van der Waals surface area contributed by atoms with Crippen LogP contribution in [0, 0.1) is 17.8 Å². The molecule has 3 atom stereocenters. The van der Waals surface area contributed by atoms with Crippen LogP contribution in [0.15, 0.2) is 49.1 Å². The Kier molecular flexibility index (Phi) is 12.3. The number of benzene rings is 2. The highest BCUT2D eigenvalue weighted by molar-refractivity contribution is 7.49. The summed E-state index contributed by atoms with van der Waals surface area (Å²) in [4.78, 5) is 0. The molecule has 43 heavy (non-hydrogen) atoms. The monoisotopic (exact) mass is 608 g/mol. The van der Waals surface area contributed by atoms with Crippen molar-refractivity contribution >= 4 is 8.38 Å². The maximum atomic E-state index is 7.15. The quantitative estimate of drug-likeness (QED) is 0.187. The van der Waals surface area contributed by atoms with E-state index in [0.29, 0.717) is 17.8 Å². The Morgan fingerprint density at radius 3 is 1.28 bits per heavy atom. The van der Waals surface area contributed by atoms with Gasteiger partial charge < -0.3 is 9.05 Å². The van der Waals surface area contributed by atoms with E-state index in [1.54, 1.807) is 0 Å². The molecule has 0 saturated heterocycles. The topological polar surface area (TPSA) is 18.5 Å². The molecule has 2 nitrogen and oxygen atoms in total. The first-order chi connectivity index (χ1) is 19.6. The first-order valence-electron chi connectivity index (χ1n) is 16.6. The van der Waals surface area contributed by atoms with E-state index in [1.165, 1.54) is 35.1 Å². The Labute approximate surface area is 268 Å². The van der Waals surface area contributed by atoms with Crippen LogP contribution in [-0.4, -0.2) is 5.66 Å². The van der Waals surface area contributed by atoms with Gasteiger partial charge in [-0.05, 0) is 62.7 Å². The van der Waals surface area contributed by atoms with Gasteiger partial charge in [-0.3, -0.25) is 0 Å². The van der Waals surface area contributed by atoms with E-state index < -0.39 is 8.38 Å². The largest absolute Gasteiger partial charge is 0.438 e. The average Bonchev–Trinajstić information content (AvgIpc) is 2.87. The van der Waals surface area contributed by atoms with Crippen molar-refractivity contribution in [3.63, 3.8) is 0 Å². The zero-order valence-corrected chi connectivity index (χ0v) is 31.6. The second kappa shape index (κ2) is 14.1. The molecule has 0 aliphatic carbocycles. The van der Waals surface area contributed by atoms with Crippen molar-refractivity contribution in [2.45, 2.75) is 151 Å². The molecule has 0 fully saturated rings. The van der Waals surface area contributed by atoms with Crippen LogP contribution in [0.25, 0.3) is 0 Å². The predicted octanol–water partition coefficient (Wildman–Crippen LogP) is 12.9. The fourth-order valence-electron chi connectivity index (χ4n) is 5.92. The van der Waals surface area contributed by atoms with E-state index in [0.717, 1.165) is 11.5 Å². The SMILES string of the molecule is C=CC([C@H](C)[C@@H](C)C(CC)CC)P(Oc1ccc(C(C)(C)C)cc1C(C)(C)C)Oc1ccc(C(C)(C)C)cc1C(C)(C)C. The summed E-state index contributed by atoms with van der Waals surface area (Å²) in [5.41, 5.74) is 5.09. The van der Waals surface area contributed by atoms with Gasteiger partial charge in [-0.2, -0.15) is 0 Å². The highest BCUT2D eigenvalue weighted by Crippen LogP contribution is 2.53. The summed E-state index contributed by atoms with van der Waals surface area (Å²) in [7, 11) is -1.40. The van der Waals surface area contributed by atoms with E-state index in [4.69, 9.17) is 9.05 Å². The lowest BCUT2D eigenvalue weighted by Gasteiger charge is -2.37. The van der Waals surface area contributed by atoms with Crippen molar-refractivity contribution in [2.24, 2.45) is 17.8 Å². The smallest absolute Gasteiger partial charge is 0.298 e. The van der Waals surface area contributed by atoms with Crippen LogP contribution in [0.1, 0.15) is 146 Å². The molecule has 0 saturated carbocycles. The Hall–Kier alpha value is -1.79. The lowest BCUT2D eigenvalue weighted by atomic mass is 9.79. The van der Waals surface area contributed by atoms with Gasteiger partial charge in [-0.1, -0.05) is 154 Å². The van der Waals surface area contributed by atoms with E-state index >= 15 is 0 Å². The standard InChI is InChI=1S/C40H65O2P/c1-18-29(19-2)27(4)28(5)36(20-3)43(41-34-23-21-30(37(6,7)8)25-32(34)39(12,13)14)42-35-24-22-31(38(9,10)11)26-33(35)40(15,16)17/h20-29,36H,3,18-19H2,1-2,4-17H3/t27-,28-,36?/m1/s1. The Morgan fingerprint density at radius 1 is 0.628 bits per heavy atom. The molecule has 0 aliphatic heterocycles. The molecule has 1 unspecified atom stereocenters. The molecule has 2 aromatic rings. The normalized spacial score (nSPS) is 15.4.